The van der Waals surface area contributed by atoms with E-state index in [-0.39, 0.29) is 18.0 Å². The van der Waals surface area contributed by atoms with Crippen LogP contribution in [0.5, 0.6) is 0 Å². The summed E-state index contributed by atoms with van der Waals surface area (Å²) >= 11 is 0. The molecule has 0 aromatic heterocycles. The summed E-state index contributed by atoms with van der Waals surface area (Å²) in [6.45, 7) is 7.43. The van der Waals surface area contributed by atoms with Gasteiger partial charge in [0.1, 0.15) is 0 Å². The molecule has 4 heteroatoms. The quantitative estimate of drug-likeness (QED) is 0.438. The Morgan fingerprint density at radius 1 is 1.32 bits per heavy atom. The van der Waals surface area contributed by atoms with E-state index in [2.05, 4.69) is 4.74 Å². The zero-order valence-electron chi connectivity index (χ0n) is 12.8. The maximum Gasteiger partial charge on any atom is 0.333 e. The molecule has 3 atom stereocenters. The fraction of sp³-hybridized carbons (Fsp3) is 0.667. The number of carbonyl (C=O) groups excluding carboxylic acids is 1. The van der Waals surface area contributed by atoms with Gasteiger partial charge in [0, 0.05) is 18.6 Å². The van der Waals surface area contributed by atoms with E-state index >= 15 is 0 Å². The normalized spacial score (nSPS) is 17.8. The lowest BCUT2D eigenvalue weighted by molar-refractivity contribution is -0.136. The number of aliphatic hydroxyl groups excluding tert-OH is 1. The summed E-state index contributed by atoms with van der Waals surface area (Å²) in [6, 6.07) is 0. The summed E-state index contributed by atoms with van der Waals surface area (Å²) < 4.78 is 10.0. The first-order valence-electron chi connectivity index (χ1n) is 6.47. The second kappa shape index (κ2) is 8.88. The summed E-state index contributed by atoms with van der Waals surface area (Å²) in [5, 5.41) is 10.1. The number of esters is 1. The van der Waals surface area contributed by atoms with Crippen molar-refractivity contribution >= 4 is 5.97 Å². The predicted molar refractivity (Wildman–Crippen MR) is 75.8 cm³/mol. The largest absolute Gasteiger partial charge is 0.466 e. The van der Waals surface area contributed by atoms with Crippen molar-refractivity contribution in [3.05, 3.63) is 23.3 Å². The van der Waals surface area contributed by atoms with Crippen LogP contribution in [0.2, 0.25) is 0 Å². The molecule has 0 rings (SSSR count). The van der Waals surface area contributed by atoms with Gasteiger partial charge in [0.15, 0.2) is 0 Å². The Bertz CT molecular complexity index is 344. The number of allylic oxidation sites excluding steroid dienone is 1. The monoisotopic (exact) mass is 270 g/mol. The highest BCUT2D eigenvalue weighted by molar-refractivity contribution is 5.87. The molecule has 4 nitrogen and oxygen atoms in total. The highest BCUT2D eigenvalue weighted by Gasteiger charge is 2.24. The molecule has 0 amide bonds. The Morgan fingerprint density at radius 3 is 2.32 bits per heavy atom. The van der Waals surface area contributed by atoms with Crippen LogP contribution in [0.4, 0.5) is 0 Å². The third-order valence-corrected chi connectivity index (χ3v) is 3.47. The van der Waals surface area contributed by atoms with Crippen molar-refractivity contribution in [3.63, 3.8) is 0 Å². The Kier molecular flexibility index (Phi) is 8.35. The molecule has 0 bridgehead atoms. The molecule has 0 aromatic carbocycles. The van der Waals surface area contributed by atoms with Crippen molar-refractivity contribution in [2.75, 3.05) is 14.2 Å². The molecule has 0 aromatic rings. The SMILES string of the molecule is C/C=C(\C)[C@H](O)[C@@H](C)[C@@H](C/C=C(\C)C(=O)OC)OC. The molecule has 0 radical (unpaired) electrons. The average molecular weight is 270 g/mol. The Morgan fingerprint density at radius 2 is 1.89 bits per heavy atom. The highest BCUT2D eigenvalue weighted by atomic mass is 16.5. The molecular formula is C15H26O4. The fourth-order valence-corrected chi connectivity index (χ4v) is 1.85. The molecular weight excluding hydrogens is 244 g/mol. The second-order valence-electron chi connectivity index (χ2n) is 4.73. The summed E-state index contributed by atoms with van der Waals surface area (Å²) in [6.07, 6.45) is 3.55. The van der Waals surface area contributed by atoms with Gasteiger partial charge in [-0.2, -0.15) is 0 Å². The Labute approximate surface area is 116 Å². The van der Waals surface area contributed by atoms with Gasteiger partial charge < -0.3 is 14.6 Å². The van der Waals surface area contributed by atoms with Crippen molar-refractivity contribution < 1.29 is 19.4 Å². The van der Waals surface area contributed by atoms with Gasteiger partial charge >= 0.3 is 5.97 Å². The van der Waals surface area contributed by atoms with Crippen molar-refractivity contribution in [2.45, 2.75) is 46.3 Å². The standard InChI is InChI=1S/C15H26O4/c1-7-10(2)14(16)12(4)13(18-5)9-8-11(3)15(17)19-6/h7-8,12-14,16H,9H2,1-6H3/b10-7+,11-8+/t12-,13+,14-/m0/s1. The maximum atomic E-state index is 11.3. The third-order valence-electron chi connectivity index (χ3n) is 3.47. The molecule has 0 heterocycles. The zero-order valence-corrected chi connectivity index (χ0v) is 12.8. The van der Waals surface area contributed by atoms with Gasteiger partial charge in [-0.25, -0.2) is 4.79 Å². The molecule has 0 unspecified atom stereocenters. The third kappa shape index (κ3) is 5.57. The summed E-state index contributed by atoms with van der Waals surface area (Å²) in [5.41, 5.74) is 1.47. The van der Waals surface area contributed by atoms with Crippen LogP contribution in [-0.4, -0.2) is 37.5 Å². The van der Waals surface area contributed by atoms with Crippen molar-refractivity contribution in [3.8, 4) is 0 Å². The number of carbonyl (C=O) groups is 1. The molecule has 0 saturated carbocycles. The number of methoxy groups -OCH3 is 2. The Hall–Kier alpha value is -1.13. The molecule has 0 aliphatic heterocycles. The summed E-state index contributed by atoms with van der Waals surface area (Å²) in [4.78, 5) is 11.3. The van der Waals surface area contributed by atoms with E-state index < -0.39 is 6.10 Å². The summed E-state index contributed by atoms with van der Waals surface area (Å²) in [7, 11) is 2.97. The van der Waals surface area contributed by atoms with Crippen LogP contribution in [0.1, 0.15) is 34.1 Å². The molecule has 0 fully saturated rings. The van der Waals surface area contributed by atoms with Crippen molar-refractivity contribution in [2.24, 2.45) is 5.92 Å². The van der Waals surface area contributed by atoms with Gasteiger partial charge in [0.25, 0.3) is 0 Å². The number of hydrogen-bond donors (Lipinski definition) is 1. The van der Waals surface area contributed by atoms with Crippen LogP contribution in [0, 0.1) is 5.92 Å². The van der Waals surface area contributed by atoms with Gasteiger partial charge in [-0.3, -0.25) is 0 Å². The van der Waals surface area contributed by atoms with Gasteiger partial charge in [-0.05, 0) is 32.8 Å². The first-order valence-corrected chi connectivity index (χ1v) is 6.47. The highest BCUT2D eigenvalue weighted by Crippen LogP contribution is 2.21. The van der Waals surface area contributed by atoms with Gasteiger partial charge in [-0.1, -0.05) is 19.1 Å². The van der Waals surface area contributed by atoms with Crippen LogP contribution in [0.25, 0.3) is 0 Å². The van der Waals surface area contributed by atoms with E-state index in [9.17, 15) is 9.90 Å². The molecule has 110 valence electrons. The number of hydrogen-bond acceptors (Lipinski definition) is 4. The maximum absolute atomic E-state index is 11.3. The second-order valence-corrected chi connectivity index (χ2v) is 4.73. The lowest BCUT2D eigenvalue weighted by Gasteiger charge is -2.27. The van der Waals surface area contributed by atoms with E-state index in [0.717, 1.165) is 5.57 Å². The van der Waals surface area contributed by atoms with Crippen LogP contribution in [0.3, 0.4) is 0 Å². The molecule has 0 aliphatic carbocycles. The molecule has 1 N–H and O–H groups in total. The van der Waals surface area contributed by atoms with Crippen LogP contribution < -0.4 is 0 Å². The van der Waals surface area contributed by atoms with Crippen molar-refractivity contribution in [1.29, 1.82) is 0 Å². The van der Waals surface area contributed by atoms with Crippen LogP contribution in [-0.2, 0) is 14.3 Å². The minimum Gasteiger partial charge on any atom is -0.466 e. The smallest absolute Gasteiger partial charge is 0.333 e. The lowest BCUT2D eigenvalue weighted by atomic mass is 9.91. The zero-order chi connectivity index (χ0) is 15.0. The van der Waals surface area contributed by atoms with Gasteiger partial charge in [0.2, 0.25) is 0 Å². The summed E-state index contributed by atoms with van der Waals surface area (Å²) in [5.74, 6) is -0.393. The average Bonchev–Trinajstić information content (AvgIpc) is 2.44. The minimum atomic E-state index is -0.540. The van der Waals surface area contributed by atoms with E-state index in [1.807, 2.05) is 26.8 Å². The van der Waals surface area contributed by atoms with E-state index in [1.54, 1.807) is 20.1 Å². The van der Waals surface area contributed by atoms with Crippen LogP contribution >= 0.6 is 0 Å². The molecule has 0 aliphatic rings. The molecule has 0 spiro atoms. The van der Waals surface area contributed by atoms with Crippen molar-refractivity contribution in [1.82, 2.24) is 0 Å². The van der Waals surface area contributed by atoms with Gasteiger partial charge in [0.05, 0.1) is 19.3 Å². The number of ether oxygens (including phenoxy) is 2. The topological polar surface area (TPSA) is 55.8 Å². The minimum absolute atomic E-state index is 0.0529. The molecule has 19 heavy (non-hydrogen) atoms. The fourth-order valence-electron chi connectivity index (χ4n) is 1.85. The first kappa shape index (κ1) is 17.9. The number of aliphatic hydroxyl groups is 1. The molecule has 0 saturated heterocycles. The van der Waals surface area contributed by atoms with E-state index in [1.165, 1.54) is 7.11 Å². The number of rotatable bonds is 7. The van der Waals surface area contributed by atoms with E-state index in [0.29, 0.717) is 12.0 Å². The van der Waals surface area contributed by atoms with E-state index in [4.69, 9.17) is 4.74 Å². The predicted octanol–water partition coefficient (Wildman–Crippen LogP) is 2.47. The Balaban J connectivity index is 4.71. The first-order chi connectivity index (χ1) is 8.88. The van der Waals surface area contributed by atoms with Gasteiger partial charge in [-0.15, -0.1) is 0 Å². The lowest BCUT2D eigenvalue weighted by Crippen LogP contribution is -2.31. The van der Waals surface area contributed by atoms with Crippen LogP contribution in [0.15, 0.2) is 23.3 Å².